The molecule has 1 aliphatic heterocycles. The van der Waals surface area contributed by atoms with Gasteiger partial charge in [0.2, 0.25) is 10.0 Å². The molecule has 1 atom stereocenters. The van der Waals surface area contributed by atoms with Crippen LogP contribution in [0.5, 0.6) is 0 Å². The van der Waals surface area contributed by atoms with Crippen LogP contribution in [-0.2, 0) is 21.8 Å². The minimum absolute atomic E-state index is 0.282. The number of aryl methyl sites for hydroxylation is 2. The molecule has 2 aromatic rings. The zero-order valence-electron chi connectivity index (χ0n) is 13.8. The fourth-order valence-electron chi connectivity index (χ4n) is 2.59. The monoisotopic (exact) mass is 347 g/mol. The molecule has 7 heteroatoms. The Balaban J connectivity index is 1.72. The molecule has 0 saturated carbocycles. The Morgan fingerprint density at radius 3 is 2.71 bits per heavy atom. The molecule has 0 aliphatic carbocycles. The molecule has 1 aromatic heterocycles. The third kappa shape index (κ3) is 3.92. The van der Waals surface area contributed by atoms with Gasteiger partial charge in [-0.15, -0.1) is 0 Å². The summed E-state index contributed by atoms with van der Waals surface area (Å²) in [5.74, 6) is 0. The predicted octanol–water partition coefficient (Wildman–Crippen LogP) is 2.10. The summed E-state index contributed by atoms with van der Waals surface area (Å²) in [5, 5.41) is 5.38. The summed E-state index contributed by atoms with van der Waals surface area (Å²) in [6.45, 7) is 3.03. The maximum absolute atomic E-state index is 12.6. The lowest BCUT2D eigenvalue weighted by Gasteiger charge is -2.30. The Morgan fingerprint density at radius 2 is 2.04 bits per heavy atom. The van der Waals surface area contributed by atoms with Gasteiger partial charge in [0.25, 0.3) is 0 Å². The van der Waals surface area contributed by atoms with Crippen LogP contribution in [0.25, 0.3) is 6.08 Å². The van der Waals surface area contributed by atoms with Gasteiger partial charge >= 0.3 is 0 Å². The molecule has 128 valence electrons. The molecule has 24 heavy (non-hydrogen) atoms. The van der Waals surface area contributed by atoms with Crippen LogP contribution >= 0.6 is 0 Å². The fraction of sp³-hybridized carbons (Fsp3) is 0.353. The molecule has 0 spiro atoms. The van der Waals surface area contributed by atoms with E-state index in [-0.39, 0.29) is 6.10 Å². The molecule has 0 bridgehead atoms. The molecule has 1 aromatic carbocycles. The van der Waals surface area contributed by atoms with Crippen LogP contribution in [0.2, 0.25) is 0 Å². The van der Waals surface area contributed by atoms with Crippen molar-refractivity contribution < 1.29 is 13.2 Å². The van der Waals surface area contributed by atoms with Gasteiger partial charge in [0, 0.05) is 37.3 Å². The summed E-state index contributed by atoms with van der Waals surface area (Å²) in [6.07, 6.45) is 4.91. The zero-order valence-corrected chi connectivity index (χ0v) is 14.6. The molecular formula is C17H21N3O3S. The zero-order chi connectivity index (χ0) is 17.2. The van der Waals surface area contributed by atoms with E-state index in [0.29, 0.717) is 19.7 Å². The van der Waals surface area contributed by atoms with Crippen LogP contribution in [0.15, 0.2) is 42.1 Å². The fourth-order valence-corrected chi connectivity index (χ4v) is 3.77. The van der Waals surface area contributed by atoms with Crippen molar-refractivity contribution in [2.45, 2.75) is 13.0 Å². The van der Waals surface area contributed by atoms with Crippen LogP contribution in [0.1, 0.15) is 22.8 Å². The first-order valence-electron chi connectivity index (χ1n) is 7.79. The highest BCUT2D eigenvalue weighted by atomic mass is 32.2. The molecule has 0 radical (unpaired) electrons. The molecule has 2 heterocycles. The van der Waals surface area contributed by atoms with Crippen LogP contribution in [0, 0.1) is 6.92 Å². The summed E-state index contributed by atoms with van der Waals surface area (Å²) >= 11 is 0. The number of nitrogens with zero attached hydrogens (tertiary/aromatic N) is 3. The SMILES string of the molecule is Cc1ccc(/C=C/S(=O)(=O)N2CCOC(c3cnn(C)c3)C2)cc1. The number of sulfonamides is 1. The molecule has 1 saturated heterocycles. The van der Waals surface area contributed by atoms with Crippen LogP contribution in [0.4, 0.5) is 0 Å². The van der Waals surface area contributed by atoms with Crippen molar-refractivity contribution in [3.05, 3.63) is 58.8 Å². The van der Waals surface area contributed by atoms with Crippen molar-refractivity contribution in [1.29, 1.82) is 0 Å². The second kappa shape index (κ2) is 6.88. The van der Waals surface area contributed by atoms with E-state index in [1.54, 1.807) is 17.0 Å². The van der Waals surface area contributed by atoms with Gasteiger partial charge in [0.1, 0.15) is 0 Å². The van der Waals surface area contributed by atoms with Gasteiger partial charge in [0.05, 0.1) is 18.9 Å². The van der Waals surface area contributed by atoms with E-state index in [2.05, 4.69) is 5.10 Å². The van der Waals surface area contributed by atoms with Crippen LogP contribution in [0.3, 0.4) is 0 Å². The van der Waals surface area contributed by atoms with E-state index in [1.807, 2.05) is 44.4 Å². The first kappa shape index (κ1) is 16.9. The quantitative estimate of drug-likeness (QED) is 0.850. The molecule has 1 unspecified atom stereocenters. The molecule has 1 fully saturated rings. The van der Waals surface area contributed by atoms with E-state index in [0.717, 1.165) is 16.7 Å². The van der Waals surface area contributed by atoms with Crippen molar-refractivity contribution in [1.82, 2.24) is 14.1 Å². The minimum atomic E-state index is -3.48. The first-order valence-corrected chi connectivity index (χ1v) is 9.29. The van der Waals surface area contributed by atoms with Crippen LogP contribution in [-0.4, -0.2) is 42.2 Å². The highest BCUT2D eigenvalue weighted by molar-refractivity contribution is 7.92. The van der Waals surface area contributed by atoms with Gasteiger partial charge in [-0.3, -0.25) is 4.68 Å². The Morgan fingerprint density at radius 1 is 1.29 bits per heavy atom. The summed E-state index contributed by atoms with van der Waals surface area (Å²) in [7, 11) is -1.66. The Bertz CT molecular complexity index is 825. The smallest absolute Gasteiger partial charge is 0.236 e. The third-order valence-electron chi connectivity index (χ3n) is 4.00. The van der Waals surface area contributed by atoms with Crippen molar-refractivity contribution in [2.24, 2.45) is 7.05 Å². The van der Waals surface area contributed by atoms with Crippen molar-refractivity contribution in [3.63, 3.8) is 0 Å². The first-order chi connectivity index (χ1) is 11.4. The summed E-state index contributed by atoms with van der Waals surface area (Å²) < 4.78 is 34.0. The van der Waals surface area contributed by atoms with E-state index in [9.17, 15) is 8.42 Å². The van der Waals surface area contributed by atoms with Crippen molar-refractivity contribution in [3.8, 4) is 0 Å². The van der Waals surface area contributed by atoms with Gasteiger partial charge in [-0.05, 0) is 18.6 Å². The Kier molecular flexibility index (Phi) is 4.84. The second-order valence-electron chi connectivity index (χ2n) is 5.92. The van der Waals surface area contributed by atoms with E-state index < -0.39 is 10.0 Å². The number of aromatic nitrogens is 2. The summed E-state index contributed by atoms with van der Waals surface area (Å²) in [6, 6.07) is 7.72. The average molecular weight is 347 g/mol. The third-order valence-corrected chi connectivity index (χ3v) is 5.53. The molecular weight excluding hydrogens is 326 g/mol. The normalized spacial score (nSPS) is 19.8. The topological polar surface area (TPSA) is 64.4 Å². The number of rotatable bonds is 4. The standard InChI is InChI=1S/C17H21N3O3S/c1-14-3-5-15(6-4-14)7-10-24(21,22)20-8-9-23-17(13-20)16-11-18-19(2)12-16/h3-7,10-12,17H,8-9,13H2,1-2H3/b10-7+. The lowest BCUT2D eigenvalue weighted by atomic mass is 10.2. The molecule has 6 nitrogen and oxygen atoms in total. The maximum atomic E-state index is 12.6. The van der Waals surface area contributed by atoms with Gasteiger partial charge in [-0.1, -0.05) is 29.8 Å². The Hall–Kier alpha value is -1.96. The molecule has 0 amide bonds. The van der Waals surface area contributed by atoms with Crippen molar-refractivity contribution in [2.75, 3.05) is 19.7 Å². The highest BCUT2D eigenvalue weighted by Gasteiger charge is 2.29. The summed E-state index contributed by atoms with van der Waals surface area (Å²) in [5.41, 5.74) is 2.89. The number of hydrogen-bond donors (Lipinski definition) is 0. The van der Waals surface area contributed by atoms with E-state index in [1.165, 1.54) is 9.71 Å². The molecule has 0 N–H and O–H groups in total. The van der Waals surface area contributed by atoms with Crippen LogP contribution < -0.4 is 0 Å². The number of benzene rings is 1. The minimum Gasteiger partial charge on any atom is -0.371 e. The molecule has 3 rings (SSSR count). The maximum Gasteiger partial charge on any atom is 0.236 e. The highest BCUT2D eigenvalue weighted by Crippen LogP contribution is 2.24. The van der Waals surface area contributed by atoms with E-state index >= 15 is 0 Å². The average Bonchev–Trinajstić information content (AvgIpc) is 3.01. The largest absolute Gasteiger partial charge is 0.371 e. The predicted molar refractivity (Wildman–Crippen MR) is 92.6 cm³/mol. The number of hydrogen-bond acceptors (Lipinski definition) is 4. The lowest BCUT2D eigenvalue weighted by molar-refractivity contribution is -0.00220. The number of ether oxygens (including phenoxy) is 1. The lowest BCUT2D eigenvalue weighted by Crippen LogP contribution is -2.41. The summed E-state index contributed by atoms with van der Waals surface area (Å²) in [4.78, 5) is 0. The van der Waals surface area contributed by atoms with Gasteiger partial charge < -0.3 is 4.74 Å². The van der Waals surface area contributed by atoms with Gasteiger partial charge in [-0.2, -0.15) is 9.40 Å². The van der Waals surface area contributed by atoms with Gasteiger partial charge in [0.15, 0.2) is 0 Å². The van der Waals surface area contributed by atoms with E-state index in [4.69, 9.17) is 4.74 Å². The Labute approximate surface area is 142 Å². The number of morpholine rings is 1. The van der Waals surface area contributed by atoms with Gasteiger partial charge in [-0.25, -0.2) is 8.42 Å². The van der Waals surface area contributed by atoms with Crippen molar-refractivity contribution >= 4 is 16.1 Å². The second-order valence-corrected chi connectivity index (χ2v) is 7.74. The molecule has 1 aliphatic rings.